The first-order valence-corrected chi connectivity index (χ1v) is 6.48. The fraction of sp³-hybridized carbons (Fsp3) is 0.545. The molecule has 1 heterocycles. The molecule has 0 aliphatic carbocycles. The first-order valence-electron chi connectivity index (χ1n) is 5.10. The Labute approximate surface area is 99.6 Å². The van der Waals surface area contributed by atoms with E-state index in [2.05, 4.69) is 5.32 Å². The minimum atomic E-state index is 0.00807. The van der Waals surface area contributed by atoms with Crippen molar-refractivity contribution in [3.8, 4) is 0 Å². The second-order valence-electron chi connectivity index (χ2n) is 3.52. The number of carbonyl (C=O) groups is 1. The van der Waals surface area contributed by atoms with Gasteiger partial charge in [-0.25, -0.2) is 0 Å². The van der Waals surface area contributed by atoms with Crippen LogP contribution in [0.2, 0.25) is 0 Å². The number of aryl methyl sites for hydroxylation is 1. The number of halogens is 1. The van der Waals surface area contributed by atoms with E-state index in [1.807, 2.05) is 24.6 Å². The number of nitrogens with one attached hydrogen (secondary N) is 1. The molecule has 1 rings (SSSR count). The minimum Gasteiger partial charge on any atom is -0.352 e. The molecule has 0 aromatic carbocycles. The molecular weight excluding hydrogens is 230 g/mol. The molecule has 0 saturated carbocycles. The maximum Gasteiger partial charge on any atom is 0.252 e. The van der Waals surface area contributed by atoms with Crippen molar-refractivity contribution < 1.29 is 4.79 Å². The quantitative estimate of drug-likeness (QED) is 0.794. The van der Waals surface area contributed by atoms with Crippen LogP contribution in [0.25, 0.3) is 0 Å². The molecule has 1 unspecified atom stereocenters. The van der Waals surface area contributed by atoms with Gasteiger partial charge in [0.15, 0.2) is 0 Å². The third kappa shape index (κ3) is 3.84. The van der Waals surface area contributed by atoms with E-state index < -0.39 is 0 Å². The molecule has 0 radical (unpaired) electrons. The zero-order valence-electron chi connectivity index (χ0n) is 9.05. The van der Waals surface area contributed by atoms with Gasteiger partial charge in [-0.05, 0) is 30.7 Å². The molecule has 1 aromatic heterocycles. The Morgan fingerprint density at radius 2 is 2.33 bits per heavy atom. The van der Waals surface area contributed by atoms with E-state index in [-0.39, 0.29) is 11.3 Å². The second kappa shape index (κ2) is 6.13. The van der Waals surface area contributed by atoms with E-state index in [1.54, 1.807) is 11.3 Å². The summed E-state index contributed by atoms with van der Waals surface area (Å²) in [6.07, 6.45) is 1.77. The van der Waals surface area contributed by atoms with Gasteiger partial charge in [-0.3, -0.25) is 4.79 Å². The average Bonchev–Trinajstić information content (AvgIpc) is 2.64. The monoisotopic (exact) mass is 245 g/mol. The molecule has 0 saturated heterocycles. The van der Waals surface area contributed by atoms with Crippen LogP contribution in [0.1, 0.15) is 35.7 Å². The maximum absolute atomic E-state index is 11.6. The number of alkyl halides is 1. The van der Waals surface area contributed by atoms with Crippen molar-refractivity contribution in [3.05, 3.63) is 21.9 Å². The molecule has 0 aliphatic rings. The normalized spacial score (nSPS) is 12.5. The van der Waals surface area contributed by atoms with Crippen LogP contribution in [0.3, 0.4) is 0 Å². The van der Waals surface area contributed by atoms with Gasteiger partial charge in [0.1, 0.15) is 0 Å². The number of thiophene rings is 1. The number of carbonyl (C=O) groups excluding carboxylic acids is 1. The van der Waals surface area contributed by atoms with Crippen molar-refractivity contribution in [2.24, 2.45) is 0 Å². The smallest absolute Gasteiger partial charge is 0.252 e. The number of rotatable bonds is 5. The summed E-state index contributed by atoms with van der Waals surface area (Å²) in [5.41, 5.74) is 1.82. The van der Waals surface area contributed by atoms with E-state index >= 15 is 0 Å². The summed E-state index contributed by atoms with van der Waals surface area (Å²) in [6.45, 7) is 4.64. The molecular formula is C11H16ClNOS. The van der Waals surface area contributed by atoms with Crippen LogP contribution in [-0.4, -0.2) is 17.8 Å². The topological polar surface area (TPSA) is 29.1 Å². The third-order valence-electron chi connectivity index (χ3n) is 2.29. The summed E-state index contributed by atoms with van der Waals surface area (Å²) >= 11 is 7.51. The Kier molecular flexibility index (Phi) is 5.12. The van der Waals surface area contributed by atoms with Crippen molar-refractivity contribution >= 4 is 28.8 Å². The van der Waals surface area contributed by atoms with Gasteiger partial charge in [0.05, 0.1) is 5.56 Å². The Bertz CT molecular complexity index is 324. The molecule has 15 heavy (non-hydrogen) atoms. The Hall–Kier alpha value is -0.540. The van der Waals surface area contributed by atoms with Crippen molar-refractivity contribution in [2.75, 3.05) is 6.54 Å². The molecule has 0 spiro atoms. The zero-order chi connectivity index (χ0) is 11.3. The van der Waals surface area contributed by atoms with Crippen LogP contribution < -0.4 is 5.32 Å². The number of amides is 1. The highest BCUT2D eigenvalue weighted by Crippen LogP contribution is 2.13. The summed E-state index contributed by atoms with van der Waals surface area (Å²) < 4.78 is 0. The molecule has 1 amide bonds. The molecule has 4 heteroatoms. The number of hydrogen-bond donors (Lipinski definition) is 1. The highest BCUT2D eigenvalue weighted by molar-refractivity contribution is 7.08. The minimum absolute atomic E-state index is 0.00807. The summed E-state index contributed by atoms with van der Waals surface area (Å²) in [5.74, 6) is 0.00807. The standard InChI is InChI=1S/C11H16ClNOS/c1-3-9(12)4-5-13-11(14)10-7-15-6-8(10)2/h6-7,9H,3-5H2,1-2H3,(H,13,14). The molecule has 1 N–H and O–H groups in total. The van der Waals surface area contributed by atoms with Gasteiger partial charge in [-0.1, -0.05) is 6.92 Å². The summed E-state index contributed by atoms with van der Waals surface area (Å²) in [7, 11) is 0. The van der Waals surface area contributed by atoms with Crippen LogP contribution >= 0.6 is 22.9 Å². The predicted molar refractivity (Wildman–Crippen MR) is 65.9 cm³/mol. The first kappa shape index (κ1) is 12.5. The van der Waals surface area contributed by atoms with Gasteiger partial charge >= 0.3 is 0 Å². The maximum atomic E-state index is 11.6. The van der Waals surface area contributed by atoms with Gasteiger partial charge in [0.2, 0.25) is 0 Å². The van der Waals surface area contributed by atoms with Gasteiger partial charge in [-0.2, -0.15) is 11.3 Å². The number of hydrogen-bond acceptors (Lipinski definition) is 2. The molecule has 0 aliphatic heterocycles. The Balaban J connectivity index is 2.34. The molecule has 1 aromatic rings. The average molecular weight is 246 g/mol. The fourth-order valence-corrected chi connectivity index (χ4v) is 2.17. The lowest BCUT2D eigenvalue weighted by molar-refractivity contribution is 0.0953. The molecule has 1 atom stereocenters. The van der Waals surface area contributed by atoms with Crippen LogP contribution in [0.4, 0.5) is 0 Å². The highest BCUT2D eigenvalue weighted by Gasteiger charge is 2.09. The van der Waals surface area contributed by atoms with Crippen molar-refractivity contribution in [1.29, 1.82) is 0 Å². The summed E-state index contributed by atoms with van der Waals surface area (Å²) in [4.78, 5) is 11.6. The van der Waals surface area contributed by atoms with Gasteiger partial charge in [-0.15, -0.1) is 11.6 Å². The SMILES string of the molecule is CCC(Cl)CCNC(=O)c1cscc1C. The molecule has 2 nitrogen and oxygen atoms in total. The van der Waals surface area contributed by atoms with Crippen LogP contribution in [0.5, 0.6) is 0 Å². The third-order valence-corrected chi connectivity index (χ3v) is 3.67. The first-order chi connectivity index (χ1) is 7.15. The summed E-state index contributed by atoms with van der Waals surface area (Å²) in [5, 5.41) is 6.89. The van der Waals surface area contributed by atoms with E-state index in [1.165, 1.54) is 0 Å². The fourth-order valence-electron chi connectivity index (χ4n) is 1.23. The zero-order valence-corrected chi connectivity index (χ0v) is 10.6. The van der Waals surface area contributed by atoms with Crippen LogP contribution in [0.15, 0.2) is 10.8 Å². The van der Waals surface area contributed by atoms with Gasteiger partial charge in [0, 0.05) is 17.3 Å². The van der Waals surface area contributed by atoms with Crippen molar-refractivity contribution in [3.63, 3.8) is 0 Å². The lowest BCUT2D eigenvalue weighted by atomic mass is 10.2. The lowest BCUT2D eigenvalue weighted by Crippen LogP contribution is -2.26. The van der Waals surface area contributed by atoms with E-state index in [9.17, 15) is 4.79 Å². The Morgan fingerprint density at radius 1 is 1.60 bits per heavy atom. The van der Waals surface area contributed by atoms with E-state index in [0.29, 0.717) is 6.54 Å². The summed E-state index contributed by atoms with van der Waals surface area (Å²) in [6, 6.07) is 0. The van der Waals surface area contributed by atoms with E-state index in [4.69, 9.17) is 11.6 Å². The molecule has 84 valence electrons. The van der Waals surface area contributed by atoms with E-state index in [0.717, 1.165) is 24.0 Å². The predicted octanol–water partition coefficient (Wildman–Crippen LogP) is 3.19. The van der Waals surface area contributed by atoms with Gasteiger partial charge in [0.25, 0.3) is 5.91 Å². The Morgan fingerprint density at radius 3 is 2.87 bits per heavy atom. The lowest BCUT2D eigenvalue weighted by Gasteiger charge is -2.07. The second-order valence-corrected chi connectivity index (χ2v) is 4.88. The van der Waals surface area contributed by atoms with Crippen LogP contribution in [0, 0.1) is 6.92 Å². The van der Waals surface area contributed by atoms with Crippen molar-refractivity contribution in [2.45, 2.75) is 32.1 Å². The highest BCUT2D eigenvalue weighted by atomic mass is 35.5. The van der Waals surface area contributed by atoms with Crippen molar-refractivity contribution in [1.82, 2.24) is 5.32 Å². The largest absolute Gasteiger partial charge is 0.352 e. The molecule has 0 bridgehead atoms. The molecule has 0 fully saturated rings. The van der Waals surface area contributed by atoms with Gasteiger partial charge < -0.3 is 5.32 Å². The van der Waals surface area contributed by atoms with Crippen LogP contribution in [-0.2, 0) is 0 Å².